The topological polar surface area (TPSA) is 80.8 Å². The zero-order valence-corrected chi connectivity index (χ0v) is 17.3. The van der Waals surface area contributed by atoms with Crippen molar-refractivity contribution in [3.8, 4) is 11.4 Å². The largest absolute Gasteiger partial charge is 0.497 e. The Balaban J connectivity index is 1.48. The van der Waals surface area contributed by atoms with Gasteiger partial charge in [0.05, 0.1) is 12.8 Å². The van der Waals surface area contributed by atoms with Crippen LogP contribution in [0.15, 0.2) is 62.4 Å². The van der Waals surface area contributed by atoms with E-state index in [0.717, 1.165) is 0 Å². The van der Waals surface area contributed by atoms with Crippen LogP contribution in [0.4, 0.5) is 5.82 Å². The number of carbonyl (C=O) groups excluding carboxylic acids is 1. The summed E-state index contributed by atoms with van der Waals surface area (Å²) in [6, 6.07) is 13.7. The van der Waals surface area contributed by atoms with Crippen molar-refractivity contribution in [2.24, 2.45) is 0 Å². The van der Waals surface area contributed by atoms with Gasteiger partial charge in [-0.3, -0.25) is 9.59 Å². The van der Waals surface area contributed by atoms with Crippen molar-refractivity contribution in [1.82, 2.24) is 14.7 Å². The fourth-order valence-corrected chi connectivity index (χ4v) is 3.51. The maximum Gasteiger partial charge on any atom is 0.289 e. The number of rotatable bonds is 4. The second kappa shape index (κ2) is 8.12. The van der Waals surface area contributed by atoms with Crippen LogP contribution in [0.1, 0.15) is 10.6 Å². The summed E-state index contributed by atoms with van der Waals surface area (Å²) in [6.45, 7) is 2.31. The lowest BCUT2D eigenvalue weighted by Crippen LogP contribution is -2.49. The van der Waals surface area contributed by atoms with E-state index in [2.05, 4.69) is 25.9 Å². The average Bonchev–Trinajstić information content (AvgIpc) is 3.20. The fraction of sp³-hybridized carbons (Fsp3) is 0.250. The molecule has 150 valence electrons. The first kappa shape index (κ1) is 19.3. The Labute approximate surface area is 175 Å². The van der Waals surface area contributed by atoms with Gasteiger partial charge in [0, 0.05) is 32.2 Å². The lowest BCUT2D eigenvalue weighted by molar-refractivity contribution is 0.0713. The van der Waals surface area contributed by atoms with Gasteiger partial charge in [0.25, 0.3) is 11.5 Å². The molecule has 0 radical (unpaired) electrons. The van der Waals surface area contributed by atoms with Gasteiger partial charge in [-0.25, -0.2) is 0 Å². The summed E-state index contributed by atoms with van der Waals surface area (Å²) >= 11 is 3.22. The Morgan fingerprint density at radius 1 is 1.03 bits per heavy atom. The number of aromatic nitrogens is 2. The van der Waals surface area contributed by atoms with Gasteiger partial charge in [-0.2, -0.15) is 4.68 Å². The molecule has 3 aromatic rings. The molecular weight excluding hydrogens is 440 g/mol. The Bertz CT molecular complexity index is 1070. The predicted molar refractivity (Wildman–Crippen MR) is 111 cm³/mol. The monoisotopic (exact) mass is 458 g/mol. The van der Waals surface area contributed by atoms with E-state index in [1.807, 2.05) is 0 Å². The first-order valence-electron chi connectivity index (χ1n) is 9.09. The number of carbonyl (C=O) groups is 1. The van der Waals surface area contributed by atoms with Gasteiger partial charge in [-0.1, -0.05) is 0 Å². The van der Waals surface area contributed by atoms with Crippen LogP contribution in [0.25, 0.3) is 5.69 Å². The molecule has 0 unspecified atom stereocenters. The number of piperazine rings is 1. The van der Waals surface area contributed by atoms with Crippen LogP contribution in [-0.2, 0) is 0 Å². The van der Waals surface area contributed by atoms with Crippen molar-refractivity contribution in [1.29, 1.82) is 0 Å². The molecular formula is C20H19BrN4O4. The highest BCUT2D eigenvalue weighted by Gasteiger charge is 2.25. The van der Waals surface area contributed by atoms with E-state index in [0.29, 0.717) is 53.9 Å². The van der Waals surface area contributed by atoms with Crippen LogP contribution in [0.3, 0.4) is 0 Å². The SMILES string of the molecule is COc1ccc(-n2nc(N3CCN(C(=O)c4ccc(Br)o4)CC3)ccc2=O)cc1. The van der Waals surface area contributed by atoms with Gasteiger partial charge in [-0.05, 0) is 58.4 Å². The molecule has 0 atom stereocenters. The summed E-state index contributed by atoms with van der Waals surface area (Å²) in [5.41, 5.74) is 0.450. The molecule has 29 heavy (non-hydrogen) atoms. The van der Waals surface area contributed by atoms with Crippen molar-refractivity contribution in [2.45, 2.75) is 0 Å². The van der Waals surface area contributed by atoms with E-state index in [4.69, 9.17) is 9.15 Å². The Kier molecular flexibility index (Phi) is 5.39. The number of hydrogen-bond acceptors (Lipinski definition) is 6. The molecule has 1 saturated heterocycles. The molecule has 1 aliphatic rings. The van der Waals surface area contributed by atoms with Crippen molar-refractivity contribution < 1.29 is 13.9 Å². The highest BCUT2D eigenvalue weighted by atomic mass is 79.9. The van der Waals surface area contributed by atoms with Crippen molar-refractivity contribution in [3.63, 3.8) is 0 Å². The summed E-state index contributed by atoms with van der Waals surface area (Å²) < 4.78 is 12.4. The molecule has 1 aliphatic heterocycles. The molecule has 0 spiro atoms. The van der Waals surface area contributed by atoms with Gasteiger partial charge in [0.15, 0.2) is 10.4 Å². The van der Waals surface area contributed by atoms with Crippen LogP contribution in [0.2, 0.25) is 0 Å². The summed E-state index contributed by atoms with van der Waals surface area (Å²) in [5, 5.41) is 4.51. The molecule has 1 fully saturated rings. The number of halogens is 1. The first-order chi connectivity index (χ1) is 14.0. The van der Waals surface area contributed by atoms with Crippen LogP contribution in [0.5, 0.6) is 5.75 Å². The van der Waals surface area contributed by atoms with E-state index in [1.54, 1.807) is 54.5 Å². The third kappa shape index (κ3) is 4.04. The van der Waals surface area contributed by atoms with E-state index in [1.165, 1.54) is 10.7 Å². The molecule has 0 aliphatic carbocycles. The summed E-state index contributed by atoms with van der Waals surface area (Å²) in [7, 11) is 1.59. The van der Waals surface area contributed by atoms with Crippen LogP contribution < -0.4 is 15.2 Å². The molecule has 0 N–H and O–H groups in total. The standard InChI is InChI=1S/C20H19BrN4O4/c1-28-15-4-2-14(3-5-15)25-19(26)9-8-18(22-25)23-10-12-24(13-11-23)20(27)16-6-7-17(21)29-16/h2-9H,10-13H2,1H3. The molecule has 1 amide bonds. The Hall–Kier alpha value is -3.07. The van der Waals surface area contributed by atoms with E-state index >= 15 is 0 Å². The highest BCUT2D eigenvalue weighted by molar-refractivity contribution is 9.10. The smallest absolute Gasteiger partial charge is 0.289 e. The number of benzene rings is 1. The molecule has 8 nitrogen and oxygen atoms in total. The zero-order chi connectivity index (χ0) is 20.4. The minimum atomic E-state index is -0.212. The number of nitrogens with zero attached hydrogens (tertiary/aromatic N) is 4. The summed E-state index contributed by atoms with van der Waals surface area (Å²) in [4.78, 5) is 28.6. The van der Waals surface area contributed by atoms with Crippen molar-refractivity contribution >= 4 is 27.7 Å². The minimum absolute atomic E-state index is 0.133. The molecule has 0 saturated carbocycles. The number of ether oxygens (including phenoxy) is 1. The molecule has 0 bridgehead atoms. The molecule has 3 heterocycles. The van der Waals surface area contributed by atoms with E-state index in [-0.39, 0.29) is 11.5 Å². The number of amides is 1. The molecule has 9 heteroatoms. The highest BCUT2D eigenvalue weighted by Crippen LogP contribution is 2.19. The van der Waals surface area contributed by atoms with Gasteiger partial charge in [0.1, 0.15) is 11.6 Å². The second-order valence-electron chi connectivity index (χ2n) is 6.52. The lowest BCUT2D eigenvalue weighted by atomic mass is 10.2. The molecule has 2 aromatic heterocycles. The summed E-state index contributed by atoms with van der Waals surface area (Å²) in [6.07, 6.45) is 0. The lowest BCUT2D eigenvalue weighted by Gasteiger charge is -2.35. The maximum atomic E-state index is 12.5. The van der Waals surface area contributed by atoms with E-state index in [9.17, 15) is 9.59 Å². The maximum absolute atomic E-state index is 12.5. The van der Waals surface area contributed by atoms with Gasteiger partial charge >= 0.3 is 0 Å². The third-order valence-electron chi connectivity index (χ3n) is 4.78. The Morgan fingerprint density at radius 2 is 1.76 bits per heavy atom. The van der Waals surface area contributed by atoms with Crippen LogP contribution in [0, 0.1) is 0 Å². The van der Waals surface area contributed by atoms with Crippen LogP contribution in [-0.4, -0.2) is 53.9 Å². The summed E-state index contributed by atoms with van der Waals surface area (Å²) in [5.74, 6) is 1.58. The number of anilines is 1. The first-order valence-corrected chi connectivity index (χ1v) is 9.89. The average molecular weight is 459 g/mol. The fourth-order valence-electron chi connectivity index (χ4n) is 3.20. The second-order valence-corrected chi connectivity index (χ2v) is 7.30. The van der Waals surface area contributed by atoms with Gasteiger partial charge < -0.3 is 19.0 Å². The normalized spacial score (nSPS) is 14.1. The molecule has 1 aromatic carbocycles. The van der Waals surface area contributed by atoms with E-state index < -0.39 is 0 Å². The number of furan rings is 1. The van der Waals surface area contributed by atoms with Crippen LogP contribution >= 0.6 is 15.9 Å². The predicted octanol–water partition coefficient (Wildman–Crippen LogP) is 2.56. The Morgan fingerprint density at radius 3 is 2.38 bits per heavy atom. The minimum Gasteiger partial charge on any atom is -0.497 e. The van der Waals surface area contributed by atoms with Gasteiger partial charge in [-0.15, -0.1) is 5.10 Å². The zero-order valence-electron chi connectivity index (χ0n) is 15.7. The van der Waals surface area contributed by atoms with Gasteiger partial charge in [0.2, 0.25) is 0 Å². The van der Waals surface area contributed by atoms with Crippen molar-refractivity contribution in [2.75, 3.05) is 38.2 Å². The molecule has 4 rings (SSSR count). The number of hydrogen-bond donors (Lipinski definition) is 0. The van der Waals surface area contributed by atoms with Crippen molar-refractivity contribution in [3.05, 3.63) is 69.3 Å². The quantitative estimate of drug-likeness (QED) is 0.597. The number of methoxy groups -OCH3 is 1. The third-order valence-corrected chi connectivity index (χ3v) is 5.20.